The minimum Gasteiger partial charge on any atom is -0.497 e. The van der Waals surface area contributed by atoms with Crippen LogP contribution >= 0.6 is 11.3 Å². The van der Waals surface area contributed by atoms with E-state index in [4.69, 9.17) is 4.74 Å². The number of fused-ring (bicyclic) bond motifs is 1. The van der Waals surface area contributed by atoms with E-state index in [1.54, 1.807) is 18.4 Å². The van der Waals surface area contributed by atoms with Gasteiger partial charge in [0.15, 0.2) is 0 Å². The summed E-state index contributed by atoms with van der Waals surface area (Å²) in [5.74, 6) is 1.61. The van der Waals surface area contributed by atoms with E-state index >= 15 is 0 Å². The van der Waals surface area contributed by atoms with Crippen molar-refractivity contribution < 1.29 is 9.53 Å². The average molecular weight is 344 g/mol. The number of aromatic nitrogens is 3. The Morgan fingerprint density at radius 3 is 2.96 bits per heavy atom. The number of carbonyl (C=O) groups excluding carboxylic acids is 1. The van der Waals surface area contributed by atoms with E-state index in [0.717, 1.165) is 34.7 Å². The molecule has 1 amide bonds. The molecule has 24 heavy (non-hydrogen) atoms. The van der Waals surface area contributed by atoms with Crippen molar-refractivity contribution in [1.29, 1.82) is 0 Å². The number of hydrogen-bond acceptors (Lipinski definition) is 5. The second-order valence-corrected chi connectivity index (χ2v) is 6.52. The predicted octanol–water partition coefficient (Wildman–Crippen LogP) is 2.60. The summed E-state index contributed by atoms with van der Waals surface area (Å²) in [6.45, 7) is 2.38. The van der Waals surface area contributed by atoms with Gasteiger partial charge in [0.05, 0.1) is 35.9 Å². The minimum absolute atomic E-state index is 0.0208. The van der Waals surface area contributed by atoms with Crippen LogP contribution in [0.25, 0.3) is 11.0 Å². The van der Waals surface area contributed by atoms with Crippen LogP contribution in [0, 0.1) is 6.92 Å². The number of rotatable bonds is 6. The van der Waals surface area contributed by atoms with Crippen molar-refractivity contribution in [3.05, 3.63) is 40.1 Å². The van der Waals surface area contributed by atoms with Gasteiger partial charge >= 0.3 is 0 Å². The second-order valence-electron chi connectivity index (χ2n) is 5.58. The molecule has 0 atom stereocenters. The fourth-order valence-electron chi connectivity index (χ4n) is 2.57. The first-order valence-electron chi connectivity index (χ1n) is 7.73. The van der Waals surface area contributed by atoms with Crippen molar-refractivity contribution in [1.82, 2.24) is 19.9 Å². The van der Waals surface area contributed by atoms with Crippen molar-refractivity contribution >= 4 is 28.3 Å². The molecule has 7 heteroatoms. The van der Waals surface area contributed by atoms with Crippen molar-refractivity contribution in [3.8, 4) is 5.75 Å². The predicted molar refractivity (Wildman–Crippen MR) is 94.3 cm³/mol. The number of nitrogens with zero attached hydrogens (tertiary/aromatic N) is 3. The Labute approximate surface area is 144 Å². The number of hydrogen-bond donors (Lipinski definition) is 1. The molecule has 0 fully saturated rings. The highest BCUT2D eigenvalue weighted by Crippen LogP contribution is 2.21. The highest BCUT2D eigenvalue weighted by Gasteiger charge is 2.11. The minimum atomic E-state index is 0.0208. The van der Waals surface area contributed by atoms with Crippen LogP contribution in [0.5, 0.6) is 5.75 Å². The molecule has 3 rings (SSSR count). The largest absolute Gasteiger partial charge is 0.497 e. The normalized spacial score (nSPS) is 11.0. The van der Waals surface area contributed by atoms with Gasteiger partial charge in [-0.05, 0) is 25.5 Å². The topological polar surface area (TPSA) is 69.0 Å². The maximum absolute atomic E-state index is 12.1. The van der Waals surface area contributed by atoms with Gasteiger partial charge in [0.2, 0.25) is 5.91 Å². The Kier molecular flexibility index (Phi) is 4.80. The number of aryl methyl sites for hydroxylation is 3. The molecule has 0 aliphatic carbocycles. The third kappa shape index (κ3) is 3.41. The summed E-state index contributed by atoms with van der Waals surface area (Å²) in [5, 5.41) is 2.94. The third-order valence-electron chi connectivity index (χ3n) is 4.05. The number of benzene rings is 1. The monoisotopic (exact) mass is 344 g/mol. The van der Waals surface area contributed by atoms with Gasteiger partial charge in [-0.2, -0.15) is 0 Å². The molecule has 0 saturated carbocycles. The summed E-state index contributed by atoms with van der Waals surface area (Å²) in [6, 6.07) is 5.77. The Morgan fingerprint density at radius 1 is 1.42 bits per heavy atom. The van der Waals surface area contributed by atoms with Gasteiger partial charge in [0.1, 0.15) is 11.6 Å². The number of nitrogens with one attached hydrogen (secondary N) is 1. The van der Waals surface area contributed by atoms with E-state index in [-0.39, 0.29) is 5.91 Å². The maximum Gasteiger partial charge on any atom is 0.220 e. The number of amides is 1. The quantitative estimate of drug-likeness (QED) is 0.746. The number of carbonyl (C=O) groups is 1. The van der Waals surface area contributed by atoms with Gasteiger partial charge in [-0.1, -0.05) is 0 Å². The Bertz CT molecular complexity index is 869. The zero-order valence-corrected chi connectivity index (χ0v) is 14.8. The number of imidazole rings is 1. The third-order valence-corrected chi connectivity index (χ3v) is 5.04. The van der Waals surface area contributed by atoms with Crippen LogP contribution in [0.15, 0.2) is 23.7 Å². The highest BCUT2D eigenvalue weighted by atomic mass is 32.1. The average Bonchev–Trinajstić information content (AvgIpc) is 3.14. The molecule has 2 heterocycles. The highest BCUT2D eigenvalue weighted by molar-refractivity contribution is 7.09. The van der Waals surface area contributed by atoms with E-state index in [9.17, 15) is 4.79 Å². The van der Waals surface area contributed by atoms with Gasteiger partial charge in [0, 0.05) is 24.4 Å². The van der Waals surface area contributed by atoms with Crippen molar-refractivity contribution in [2.24, 2.45) is 7.05 Å². The van der Waals surface area contributed by atoms with Crippen molar-refractivity contribution in [2.75, 3.05) is 7.11 Å². The molecule has 1 aromatic carbocycles. The molecule has 2 aromatic heterocycles. The van der Waals surface area contributed by atoms with Crippen molar-refractivity contribution in [3.63, 3.8) is 0 Å². The smallest absolute Gasteiger partial charge is 0.220 e. The lowest BCUT2D eigenvalue weighted by Gasteiger charge is -2.05. The first-order chi connectivity index (χ1) is 11.6. The summed E-state index contributed by atoms with van der Waals surface area (Å²) in [5.41, 5.74) is 4.70. The zero-order chi connectivity index (χ0) is 17.1. The fourth-order valence-corrected chi connectivity index (χ4v) is 3.36. The molecule has 1 N–H and O–H groups in total. The molecular weight excluding hydrogens is 324 g/mol. The number of ether oxygens (including phenoxy) is 1. The molecule has 0 aliphatic heterocycles. The molecule has 0 spiro atoms. The van der Waals surface area contributed by atoms with Gasteiger partial charge in [-0.15, -0.1) is 11.3 Å². The Balaban J connectivity index is 1.61. The molecule has 0 saturated heterocycles. The number of thiazole rings is 1. The Hall–Kier alpha value is -2.41. The summed E-state index contributed by atoms with van der Waals surface area (Å²) in [6.07, 6.45) is 1.18. The summed E-state index contributed by atoms with van der Waals surface area (Å²) in [7, 11) is 3.58. The first kappa shape index (κ1) is 16.4. The van der Waals surface area contributed by atoms with Gasteiger partial charge in [0.25, 0.3) is 0 Å². The molecule has 6 nitrogen and oxygen atoms in total. The van der Waals surface area contributed by atoms with Gasteiger partial charge in [-0.3, -0.25) is 4.79 Å². The van der Waals surface area contributed by atoms with Crippen LogP contribution in [0.1, 0.15) is 22.8 Å². The van der Waals surface area contributed by atoms with E-state index in [1.807, 2.05) is 42.2 Å². The second kappa shape index (κ2) is 7.00. The molecular formula is C17H20N4O2S. The van der Waals surface area contributed by atoms with Crippen LogP contribution in [-0.2, 0) is 24.8 Å². The molecule has 3 aromatic rings. The first-order valence-corrected chi connectivity index (χ1v) is 8.61. The maximum atomic E-state index is 12.1. The molecule has 0 unspecified atom stereocenters. The lowest BCUT2D eigenvalue weighted by Crippen LogP contribution is -2.24. The summed E-state index contributed by atoms with van der Waals surface area (Å²) < 4.78 is 7.21. The van der Waals surface area contributed by atoms with Crippen LogP contribution < -0.4 is 10.1 Å². The molecule has 0 bridgehead atoms. The van der Waals surface area contributed by atoms with E-state index in [0.29, 0.717) is 13.0 Å². The van der Waals surface area contributed by atoms with E-state index < -0.39 is 0 Å². The van der Waals surface area contributed by atoms with E-state index in [2.05, 4.69) is 15.3 Å². The lowest BCUT2D eigenvalue weighted by molar-refractivity contribution is -0.121. The van der Waals surface area contributed by atoms with Crippen molar-refractivity contribution in [2.45, 2.75) is 26.3 Å². The molecule has 126 valence electrons. The number of methoxy groups -OCH3 is 1. The van der Waals surface area contributed by atoms with Crippen LogP contribution in [0.2, 0.25) is 0 Å². The Morgan fingerprint density at radius 2 is 2.25 bits per heavy atom. The molecule has 0 radical (unpaired) electrons. The van der Waals surface area contributed by atoms with Gasteiger partial charge in [-0.25, -0.2) is 9.97 Å². The lowest BCUT2D eigenvalue weighted by atomic mass is 10.2. The molecule has 0 aliphatic rings. The van der Waals surface area contributed by atoms with Crippen LogP contribution in [0.3, 0.4) is 0 Å². The van der Waals surface area contributed by atoms with Crippen LogP contribution in [-0.4, -0.2) is 27.6 Å². The van der Waals surface area contributed by atoms with Gasteiger partial charge < -0.3 is 14.6 Å². The zero-order valence-electron chi connectivity index (χ0n) is 14.0. The standard InChI is InChI=1S/C17H20N4O2S/c1-11-15(24-10-19-11)6-7-17(22)18-9-16-20-13-8-12(23-3)4-5-14(13)21(16)2/h4-5,8,10H,6-7,9H2,1-3H3,(H,18,22). The summed E-state index contributed by atoms with van der Waals surface area (Å²) in [4.78, 5) is 22.0. The summed E-state index contributed by atoms with van der Waals surface area (Å²) >= 11 is 1.60. The SMILES string of the molecule is COc1ccc2c(c1)nc(CNC(=O)CCc1scnc1C)n2C. The fraction of sp³-hybridized carbons (Fsp3) is 0.353. The van der Waals surface area contributed by atoms with Crippen LogP contribution in [0.4, 0.5) is 0 Å². The van der Waals surface area contributed by atoms with E-state index in [1.165, 1.54) is 4.88 Å².